The van der Waals surface area contributed by atoms with Gasteiger partial charge in [-0.3, -0.25) is 14.2 Å². The van der Waals surface area contributed by atoms with Gasteiger partial charge >= 0.3 is 0 Å². The topological polar surface area (TPSA) is 111 Å². The molecule has 0 bridgehead atoms. The smallest absolute Gasteiger partial charge is 0.253 e. The molecule has 172 valence electrons. The zero-order chi connectivity index (χ0) is 23.3. The normalized spacial score (nSPS) is 14.7. The van der Waals surface area contributed by atoms with Crippen molar-refractivity contribution >= 4 is 15.9 Å². The van der Waals surface area contributed by atoms with E-state index in [-0.39, 0.29) is 29.5 Å². The molecule has 2 aromatic carbocycles. The summed E-state index contributed by atoms with van der Waals surface area (Å²) >= 11 is 0. The lowest BCUT2D eigenvalue weighted by atomic mass is 10.1. The Morgan fingerprint density at radius 1 is 1.03 bits per heavy atom. The molecule has 1 aromatic heterocycles. The fraction of sp³-hybridized carbons (Fsp3) is 0.261. The highest BCUT2D eigenvalue weighted by Crippen LogP contribution is 2.18. The molecule has 0 saturated carbocycles. The van der Waals surface area contributed by atoms with E-state index in [1.807, 2.05) is 30.3 Å². The molecule has 0 atom stereocenters. The van der Waals surface area contributed by atoms with Crippen molar-refractivity contribution in [3.8, 4) is 11.3 Å². The molecular weight excluding hydrogens is 444 g/mol. The summed E-state index contributed by atoms with van der Waals surface area (Å²) in [5.74, 6) is -0.354. The van der Waals surface area contributed by atoms with Crippen molar-refractivity contribution in [1.82, 2.24) is 19.2 Å². The first-order valence-electron chi connectivity index (χ1n) is 10.5. The number of hydrogen-bond donors (Lipinski definition) is 1. The number of rotatable bonds is 7. The van der Waals surface area contributed by atoms with E-state index in [2.05, 4.69) is 10.3 Å². The molecule has 1 aliphatic rings. The standard InChI is InChI=1S/C23H24N4O5S/c28-22-16-21(18-4-2-1-3-5-18)25-17-26(22)11-10-24-23(29)19-6-8-20(9-7-19)33(30,31)27-12-14-32-15-13-27/h1-9,16-17H,10-15H2,(H,24,29). The molecule has 1 saturated heterocycles. The summed E-state index contributed by atoms with van der Waals surface area (Å²) in [7, 11) is -3.61. The quantitative estimate of drug-likeness (QED) is 0.561. The van der Waals surface area contributed by atoms with Crippen LogP contribution in [-0.4, -0.2) is 61.0 Å². The summed E-state index contributed by atoms with van der Waals surface area (Å²) in [6.07, 6.45) is 1.46. The van der Waals surface area contributed by atoms with E-state index in [4.69, 9.17) is 4.74 Å². The molecule has 1 N–H and O–H groups in total. The molecule has 4 rings (SSSR count). The Hall–Kier alpha value is -3.34. The summed E-state index contributed by atoms with van der Waals surface area (Å²) in [5, 5.41) is 2.74. The molecule has 0 spiro atoms. The van der Waals surface area contributed by atoms with Crippen LogP contribution in [0.25, 0.3) is 11.3 Å². The third-order valence-corrected chi connectivity index (χ3v) is 7.22. The van der Waals surface area contributed by atoms with E-state index in [0.717, 1.165) is 5.56 Å². The molecule has 2 heterocycles. The van der Waals surface area contributed by atoms with Crippen LogP contribution in [0.4, 0.5) is 0 Å². The maximum atomic E-state index is 12.7. The van der Waals surface area contributed by atoms with E-state index in [9.17, 15) is 18.0 Å². The van der Waals surface area contributed by atoms with Crippen LogP contribution in [0.1, 0.15) is 10.4 Å². The minimum absolute atomic E-state index is 0.136. The van der Waals surface area contributed by atoms with E-state index in [1.165, 1.54) is 45.5 Å². The maximum absolute atomic E-state index is 12.7. The van der Waals surface area contributed by atoms with E-state index in [1.54, 1.807) is 0 Å². The van der Waals surface area contributed by atoms with Gasteiger partial charge in [0.15, 0.2) is 0 Å². The zero-order valence-electron chi connectivity index (χ0n) is 17.9. The number of carbonyl (C=O) groups is 1. The molecule has 0 aliphatic carbocycles. The fourth-order valence-electron chi connectivity index (χ4n) is 3.47. The van der Waals surface area contributed by atoms with Gasteiger partial charge in [0.1, 0.15) is 0 Å². The molecule has 9 nitrogen and oxygen atoms in total. The van der Waals surface area contributed by atoms with Crippen LogP contribution in [0.2, 0.25) is 0 Å². The summed E-state index contributed by atoms with van der Waals surface area (Å²) in [6.45, 7) is 1.84. The van der Waals surface area contributed by atoms with Gasteiger partial charge in [-0.15, -0.1) is 0 Å². The highest BCUT2D eigenvalue weighted by molar-refractivity contribution is 7.89. The van der Waals surface area contributed by atoms with Crippen molar-refractivity contribution < 1.29 is 17.9 Å². The Balaban J connectivity index is 1.34. The van der Waals surface area contributed by atoms with Crippen LogP contribution in [0.3, 0.4) is 0 Å². The lowest BCUT2D eigenvalue weighted by Crippen LogP contribution is -2.40. The van der Waals surface area contributed by atoms with Gasteiger partial charge in [-0.2, -0.15) is 4.31 Å². The SMILES string of the molecule is O=C(NCCn1cnc(-c2ccccc2)cc1=O)c1ccc(S(=O)(=O)N2CCOCC2)cc1. The molecule has 10 heteroatoms. The molecule has 1 aliphatic heterocycles. The van der Waals surface area contributed by atoms with Crippen LogP contribution in [0, 0.1) is 0 Å². The number of nitrogens with one attached hydrogen (secondary N) is 1. The number of carbonyl (C=O) groups excluding carboxylic acids is 1. The first-order valence-corrected chi connectivity index (χ1v) is 12.0. The fourth-order valence-corrected chi connectivity index (χ4v) is 4.87. The zero-order valence-corrected chi connectivity index (χ0v) is 18.7. The largest absolute Gasteiger partial charge is 0.379 e. The van der Waals surface area contributed by atoms with Crippen LogP contribution in [-0.2, 0) is 21.3 Å². The van der Waals surface area contributed by atoms with Crippen molar-refractivity contribution in [1.29, 1.82) is 0 Å². The molecule has 0 unspecified atom stereocenters. The predicted octanol–water partition coefficient (Wildman–Crippen LogP) is 1.36. The summed E-state index contributed by atoms with van der Waals surface area (Å²) in [5.41, 5.74) is 1.57. The Kier molecular flexibility index (Phi) is 6.97. The summed E-state index contributed by atoms with van der Waals surface area (Å²) < 4.78 is 33.3. The number of nitrogens with zero attached hydrogens (tertiary/aromatic N) is 3. The summed E-state index contributed by atoms with van der Waals surface area (Å²) in [6, 6.07) is 16.7. The minimum atomic E-state index is -3.61. The number of sulfonamides is 1. The number of morpholine rings is 1. The van der Waals surface area contributed by atoms with E-state index in [0.29, 0.717) is 37.6 Å². The number of ether oxygens (including phenoxy) is 1. The Morgan fingerprint density at radius 3 is 2.39 bits per heavy atom. The van der Waals surface area contributed by atoms with Crippen molar-refractivity contribution in [2.45, 2.75) is 11.4 Å². The molecule has 3 aromatic rings. The second kappa shape index (κ2) is 10.1. The van der Waals surface area contributed by atoms with Gasteiger partial charge in [-0.05, 0) is 24.3 Å². The Morgan fingerprint density at radius 2 is 1.73 bits per heavy atom. The molecule has 33 heavy (non-hydrogen) atoms. The molecule has 0 radical (unpaired) electrons. The van der Waals surface area contributed by atoms with Gasteiger partial charge in [-0.25, -0.2) is 13.4 Å². The van der Waals surface area contributed by atoms with Crippen LogP contribution in [0.15, 0.2) is 76.7 Å². The van der Waals surface area contributed by atoms with Gasteiger partial charge in [0.25, 0.3) is 11.5 Å². The van der Waals surface area contributed by atoms with Crippen molar-refractivity contribution in [3.05, 3.63) is 82.9 Å². The average Bonchev–Trinajstić information content (AvgIpc) is 2.86. The first kappa shape index (κ1) is 22.8. The van der Waals surface area contributed by atoms with Crippen molar-refractivity contribution in [2.24, 2.45) is 0 Å². The summed E-state index contributed by atoms with van der Waals surface area (Å²) in [4.78, 5) is 29.2. The Labute approximate surface area is 191 Å². The van der Waals surface area contributed by atoms with E-state index < -0.39 is 10.0 Å². The maximum Gasteiger partial charge on any atom is 0.253 e. The lowest BCUT2D eigenvalue weighted by molar-refractivity contribution is 0.0730. The van der Waals surface area contributed by atoms with Crippen molar-refractivity contribution in [2.75, 3.05) is 32.8 Å². The Bertz CT molecular complexity index is 1270. The van der Waals surface area contributed by atoms with Gasteiger partial charge in [0.2, 0.25) is 10.0 Å². The number of benzene rings is 2. The van der Waals surface area contributed by atoms with Crippen LogP contribution < -0.4 is 10.9 Å². The minimum Gasteiger partial charge on any atom is -0.379 e. The molecular formula is C23H24N4O5S. The second-order valence-corrected chi connectivity index (χ2v) is 9.41. The molecule has 1 fully saturated rings. The van der Waals surface area contributed by atoms with Crippen molar-refractivity contribution in [3.63, 3.8) is 0 Å². The first-order chi connectivity index (χ1) is 15.9. The third kappa shape index (κ3) is 5.36. The highest BCUT2D eigenvalue weighted by atomic mass is 32.2. The molecule has 1 amide bonds. The number of hydrogen-bond acceptors (Lipinski definition) is 6. The third-order valence-electron chi connectivity index (χ3n) is 5.31. The van der Waals surface area contributed by atoms with Crippen LogP contribution in [0.5, 0.6) is 0 Å². The second-order valence-electron chi connectivity index (χ2n) is 7.47. The average molecular weight is 469 g/mol. The lowest BCUT2D eigenvalue weighted by Gasteiger charge is -2.26. The number of aromatic nitrogens is 2. The highest BCUT2D eigenvalue weighted by Gasteiger charge is 2.26. The van der Waals surface area contributed by atoms with Gasteiger partial charge < -0.3 is 10.1 Å². The van der Waals surface area contributed by atoms with Gasteiger partial charge in [0.05, 0.1) is 30.1 Å². The number of amides is 1. The predicted molar refractivity (Wildman–Crippen MR) is 122 cm³/mol. The van der Waals surface area contributed by atoms with Gasteiger partial charge in [0, 0.05) is 43.4 Å². The van der Waals surface area contributed by atoms with E-state index >= 15 is 0 Å². The van der Waals surface area contributed by atoms with Gasteiger partial charge in [-0.1, -0.05) is 30.3 Å². The monoisotopic (exact) mass is 468 g/mol. The van der Waals surface area contributed by atoms with Crippen LogP contribution >= 0.6 is 0 Å².